The van der Waals surface area contributed by atoms with Crippen molar-refractivity contribution < 1.29 is 23.5 Å². The first-order valence-corrected chi connectivity index (χ1v) is 8.46. The van der Waals surface area contributed by atoms with Crippen molar-refractivity contribution in [3.8, 4) is 5.75 Å². The Hall–Kier alpha value is -3.00. The zero-order valence-electron chi connectivity index (χ0n) is 14.6. The smallest absolute Gasteiger partial charge is 0.257 e. The molecular weight excluding hydrogens is 356 g/mol. The molecule has 2 aromatic rings. The molecule has 8 heteroatoms. The molecule has 1 fully saturated rings. The number of nitrogens with one attached hydrogen (secondary N) is 2. The molecule has 1 saturated heterocycles. The molecule has 1 atom stereocenters. The van der Waals surface area contributed by atoms with Crippen LogP contribution in [0.4, 0.5) is 14.5 Å². The fourth-order valence-electron chi connectivity index (χ4n) is 2.97. The van der Waals surface area contributed by atoms with Crippen LogP contribution in [-0.4, -0.2) is 47.5 Å². The van der Waals surface area contributed by atoms with Gasteiger partial charge in [-0.3, -0.25) is 9.59 Å². The highest BCUT2D eigenvalue weighted by atomic mass is 19.1. The number of carbonyl (C=O) groups is 2. The van der Waals surface area contributed by atoms with Gasteiger partial charge in [0.1, 0.15) is 17.4 Å². The first-order valence-electron chi connectivity index (χ1n) is 8.46. The summed E-state index contributed by atoms with van der Waals surface area (Å²) >= 11 is 0. The SMILES string of the molecule is C[C@@H]1CN(C(=O)c2ccc(NC(=O)c3cc(F)cc(F)c3)cc2O)CCN1. The van der Waals surface area contributed by atoms with E-state index in [0.717, 1.165) is 12.1 Å². The number of phenols is 1. The lowest BCUT2D eigenvalue weighted by molar-refractivity contribution is 0.0706. The van der Waals surface area contributed by atoms with Crippen molar-refractivity contribution in [1.82, 2.24) is 10.2 Å². The molecule has 0 spiro atoms. The maximum absolute atomic E-state index is 13.2. The van der Waals surface area contributed by atoms with Gasteiger partial charge in [0.05, 0.1) is 5.56 Å². The first kappa shape index (κ1) is 18.8. The molecule has 3 N–H and O–H groups in total. The van der Waals surface area contributed by atoms with Crippen LogP contribution in [-0.2, 0) is 0 Å². The van der Waals surface area contributed by atoms with Crippen LogP contribution in [0.25, 0.3) is 0 Å². The van der Waals surface area contributed by atoms with Gasteiger partial charge in [-0.2, -0.15) is 0 Å². The first-order chi connectivity index (χ1) is 12.8. The van der Waals surface area contributed by atoms with Gasteiger partial charge in [-0.05, 0) is 31.2 Å². The van der Waals surface area contributed by atoms with Crippen LogP contribution < -0.4 is 10.6 Å². The van der Waals surface area contributed by atoms with Crippen LogP contribution in [0.2, 0.25) is 0 Å². The molecule has 0 bridgehead atoms. The maximum atomic E-state index is 13.2. The Balaban J connectivity index is 1.74. The van der Waals surface area contributed by atoms with E-state index in [4.69, 9.17) is 0 Å². The predicted octanol–water partition coefficient (Wildman–Crippen LogP) is 2.36. The van der Waals surface area contributed by atoms with E-state index in [2.05, 4.69) is 10.6 Å². The number of benzene rings is 2. The largest absolute Gasteiger partial charge is 0.507 e. The molecule has 1 aliphatic rings. The summed E-state index contributed by atoms with van der Waals surface area (Å²) in [5.41, 5.74) is 0.133. The lowest BCUT2D eigenvalue weighted by Gasteiger charge is -2.32. The molecule has 0 radical (unpaired) electrons. The molecule has 0 unspecified atom stereocenters. The topological polar surface area (TPSA) is 81.7 Å². The fourth-order valence-corrected chi connectivity index (χ4v) is 2.97. The van der Waals surface area contributed by atoms with Gasteiger partial charge in [0.15, 0.2) is 0 Å². The summed E-state index contributed by atoms with van der Waals surface area (Å²) in [4.78, 5) is 26.3. The number of amides is 2. The summed E-state index contributed by atoms with van der Waals surface area (Å²) in [5, 5.41) is 15.9. The molecule has 1 heterocycles. The average molecular weight is 375 g/mol. The maximum Gasteiger partial charge on any atom is 0.257 e. The normalized spacial score (nSPS) is 16.9. The van der Waals surface area contributed by atoms with E-state index in [9.17, 15) is 23.5 Å². The monoisotopic (exact) mass is 375 g/mol. The van der Waals surface area contributed by atoms with Gasteiger partial charge in [-0.25, -0.2) is 8.78 Å². The summed E-state index contributed by atoms with van der Waals surface area (Å²) in [7, 11) is 0. The number of anilines is 1. The summed E-state index contributed by atoms with van der Waals surface area (Å²) < 4.78 is 26.5. The molecule has 0 aromatic heterocycles. The number of rotatable bonds is 3. The van der Waals surface area contributed by atoms with Crippen LogP contribution in [0, 0.1) is 11.6 Å². The van der Waals surface area contributed by atoms with Crippen molar-refractivity contribution in [1.29, 1.82) is 0 Å². The number of nitrogens with zero attached hydrogens (tertiary/aromatic N) is 1. The summed E-state index contributed by atoms with van der Waals surface area (Å²) in [6.45, 7) is 3.70. The minimum Gasteiger partial charge on any atom is -0.507 e. The Labute approximate surface area is 154 Å². The highest BCUT2D eigenvalue weighted by Crippen LogP contribution is 2.24. The van der Waals surface area contributed by atoms with Gasteiger partial charge in [0, 0.05) is 49.1 Å². The zero-order chi connectivity index (χ0) is 19.6. The highest BCUT2D eigenvalue weighted by Gasteiger charge is 2.24. The minimum atomic E-state index is -0.866. The van der Waals surface area contributed by atoms with Gasteiger partial charge in [-0.15, -0.1) is 0 Å². The van der Waals surface area contributed by atoms with Crippen LogP contribution in [0.5, 0.6) is 5.75 Å². The van der Waals surface area contributed by atoms with Gasteiger partial charge in [-0.1, -0.05) is 0 Å². The Morgan fingerprint density at radius 1 is 1.19 bits per heavy atom. The summed E-state index contributed by atoms with van der Waals surface area (Å²) in [5.74, 6) is -3.05. The van der Waals surface area contributed by atoms with E-state index in [-0.39, 0.29) is 34.5 Å². The van der Waals surface area contributed by atoms with Gasteiger partial charge >= 0.3 is 0 Å². The summed E-state index contributed by atoms with van der Waals surface area (Å²) in [6.07, 6.45) is 0. The van der Waals surface area contributed by atoms with Crippen molar-refractivity contribution in [3.63, 3.8) is 0 Å². The number of halogens is 2. The Kier molecular flexibility index (Phi) is 5.36. The average Bonchev–Trinajstić information content (AvgIpc) is 2.60. The van der Waals surface area contributed by atoms with Crippen LogP contribution in [0.1, 0.15) is 27.6 Å². The molecule has 3 rings (SSSR count). The van der Waals surface area contributed by atoms with E-state index in [1.165, 1.54) is 18.2 Å². The zero-order valence-corrected chi connectivity index (χ0v) is 14.6. The van der Waals surface area contributed by atoms with E-state index in [1.807, 2.05) is 6.92 Å². The molecular formula is C19H19F2N3O3. The number of carbonyl (C=O) groups excluding carboxylic acids is 2. The second-order valence-electron chi connectivity index (χ2n) is 6.45. The molecule has 6 nitrogen and oxygen atoms in total. The van der Waals surface area contributed by atoms with Gasteiger partial charge < -0.3 is 20.6 Å². The quantitative estimate of drug-likeness (QED) is 0.769. The molecule has 27 heavy (non-hydrogen) atoms. The molecule has 142 valence electrons. The van der Waals surface area contributed by atoms with Crippen molar-refractivity contribution in [2.45, 2.75) is 13.0 Å². The number of aromatic hydroxyl groups is 1. The Morgan fingerprint density at radius 3 is 2.52 bits per heavy atom. The highest BCUT2D eigenvalue weighted by molar-refractivity contribution is 6.05. The number of hydrogen-bond donors (Lipinski definition) is 3. The minimum absolute atomic E-state index is 0.124. The Morgan fingerprint density at radius 2 is 1.89 bits per heavy atom. The number of piperazine rings is 1. The van der Waals surface area contributed by atoms with E-state index in [1.54, 1.807) is 4.90 Å². The number of phenolic OH excluding ortho intramolecular Hbond substituents is 1. The second-order valence-corrected chi connectivity index (χ2v) is 6.45. The van der Waals surface area contributed by atoms with E-state index >= 15 is 0 Å². The molecule has 2 amide bonds. The van der Waals surface area contributed by atoms with Crippen LogP contribution >= 0.6 is 0 Å². The third-order valence-electron chi connectivity index (χ3n) is 4.27. The van der Waals surface area contributed by atoms with Crippen molar-refractivity contribution in [2.75, 3.05) is 25.0 Å². The third kappa shape index (κ3) is 4.40. The van der Waals surface area contributed by atoms with Crippen LogP contribution in [0.15, 0.2) is 36.4 Å². The second kappa shape index (κ2) is 7.71. The lowest BCUT2D eigenvalue weighted by atomic mass is 10.1. The van der Waals surface area contributed by atoms with Crippen LogP contribution in [0.3, 0.4) is 0 Å². The number of hydrogen-bond acceptors (Lipinski definition) is 4. The van der Waals surface area contributed by atoms with Gasteiger partial charge in [0.2, 0.25) is 0 Å². The molecule has 2 aromatic carbocycles. The molecule has 0 aliphatic carbocycles. The van der Waals surface area contributed by atoms with Crippen molar-refractivity contribution in [2.24, 2.45) is 0 Å². The summed E-state index contributed by atoms with van der Waals surface area (Å²) in [6, 6.07) is 6.73. The fraction of sp³-hybridized carbons (Fsp3) is 0.263. The van der Waals surface area contributed by atoms with E-state index < -0.39 is 17.5 Å². The lowest BCUT2D eigenvalue weighted by Crippen LogP contribution is -2.51. The van der Waals surface area contributed by atoms with E-state index in [0.29, 0.717) is 25.7 Å². The van der Waals surface area contributed by atoms with Crippen molar-refractivity contribution in [3.05, 3.63) is 59.2 Å². The Bertz CT molecular complexity index is 868. The molecule has 0 saturated carbocycles. The molecule has 1 aliphatic heterocycles. The van der Waals surface area contributed by atoms with Crippen molar-refractivity contribution >= 4 is 17.5 Å². The van der Waals surface area contributed by atoms with Gasteiger partial charge in [0.25, 0.3) is 11.8 Å². The standard InChI is InChI=1S/C19H19F2N3O3/c1-11-10-24(5-4-22-11)19(27)16-3-2-15(9-17(16)25)23-18(26)12-6-13(20)8-14(21)7-12/h2-3,6-9,11,22,25H,4-5,10H2,1H3,(H,23,26)/t11-/m1/s1. The predicted molar refractivity (Wildman–Crippen MR) is 95.8 cm³/mol. The third-order valence-corrected chi connectivity index (χ3v) is 4.27.